The van der Waals surface area contributed by atoms with Crippen molar-refractivity contribution in [2.75, 3.05) is 19.7 Å². The standard InChI is InChI=1S/C15H21N3O3.ClH/c16-7-14(19)18-9-15(20)17-8-12-3-1-2-4-13(12)21-10-11-5-6-11;/h1-4,11H,5-10,16H2,(H,17,20)(H,18,19);1H. The van der Waals surface area contributed by atoms with Crippen molar-refractivity contribution in [1.29, 1.82) is 0 Å². The van der Waals surface area contributed by atoms with Crippen LogP contribution < -0.4 is 21.1 Å². The van der Waals surface area contributed by atoms with E-state index in [1.807, 2.05) is 24.3 Å². The molecule has 7 heteroatoms. The van der Waals surface area contributed by atoms with Crippen LogP contribution in [0.4, 0.5) is 0 Å². The smallest absolute Gasteiger partial charge is 0.239 e. The maximum atomic E-state index is 11.6. The lowest BCUT2D eigenvalue weighted by Gasteiger charge is -2.12. The lowest BCUT2D eigenvalue weighted by Crippen LogP contribution is -2.39. The van der Waals surface area contributed by atoms with Gasteiger partial charge in [0.2, 0.25) is 11.8 Å². The average Bonchev–Trinajstić information content (AvgIpc) is 3.33. The van der Waals surface area contributed by atoms with Crippen LogP contribution in [-0.4, -0.2) is 31.5 Å². The van der Waals surface area contributed by atoms with E-state index in [2.05, 4.69) is 10.6 Å². The second kappa shape index (κ2) is 9.27. The summed E-state index contributed by atoms with van der Waals surface area (Å²) in [5.74, 6) is 0.877. The average molecular weight is 328 g/mol. The second-order valence-corrected chi connectivity index (χ2v) is 5.12. The van der Waals surface area contributed by atoms with Gasteiger partial charge in [0, 0.05) is 12.1 Å². The number of amides is 2. The van der Waals surface area contributed by atoms with Gasteiger partial charge >= 0.3 is 0 Å². The van der Waals surface area contributed by atoms with E-state index in [-0.39, 0.29) is 37.3 Å². The van der Waals surface area contributed by atoms with Crippen molar-refractivity contribution in [3.8, 4) is 5.75 Å². The molecule has 2 amide bonds. The summed E-state index contributed by atoms with van der Waals surface area (Å²) in [6.07, 6.45) is 2.47. The largest absolute Gasteiger partial charge is 0.493 e. The third kappa shape index (κ3) is 6.32. The Hall–Kier alpha value is -1.79. The zero-order chi connectivity index (χ0) is 15.1. The predicted octanol–water partition coefficient (Wildman–Crippen LogP) is 0.588. The van der Waals surface area contributed by atoms with Gasteiger partial charge in [0.1, 0.15) is 5.75 Å². The highest BCUT2D eigenvalue weighted by atomic mass is 35.5. The van der Waals surface area contributed by atoms with E-state index in [9.17, 15) is 9.59 Å². The monoisotopic (exact) mass is 327 g/mol. The Morgan fingerprint density at radius 2 is 1.91 bits per heavy atom. The van der Waals surface area contributed by atoms with Gasteiger partial charge in [-0.15, -0.1) is 12.4 Å². The van der Waals surface area contributed by atoms with Crippen LogP contribution in [-0.2, 0) is 16.1 Å². The van der Waals surface area contributed by atoms with Gasteiger partial charge < -0.3 is 21.1 Å². The number of benzene rings is 1. The molecule has 122 valence electrons. The lowest BCUT2D eigenvalue weighted by molar-refractivity contribution is -0.125. The predicted molar refractivity (Wildman–Crippen MR) is 85.8 cm³/mol. The molecule has 22 heavy (non-hydrogen) atoms. The normalized spacial score (nSPS) is 13.0. The molecular weight excluding hydrogens is 306 g/mol. The molecule has 0 radical (unpaired) electrons. The third-order valence-electron chi connectivity index (χ3n) is 3.25. The number of hydrogen-bond acceptors (Lipinski definition) is 4. The Labute approximate surface area is 136 Å². The van der Waals surface area contributed by atoms with Gasteiger partial charge in [-0.3, -0.25) is 9.59 Å². The number of halogens is 1. The minimum absolute atomic E-state index is 0. The quantitative estimate of drug-likeness (QED) is 0.651. The Morgan fingerprint density at radius 3 is 2.59 bits per heavy atom. The summed E-state index contributed by atoms with van der Waals surface area (Å²) in [7, 11) is 0. The highest BCUT2D eigenvalue weighted by Crippen LogP contribution is 2.30. The summed E-state index contributed by atoms with van der Waals surface area (Å²) >= 11 is 0. The number of carbonyl (C=O) groups is 2. The van der Waals surface area contributed by atoms with Crippen LogP contribution in [0.15, 0.2) is 24.3 Å². The molecule has 1 aromatic rings. The van der Waals surface area contributed by atoms with E-state index in [4.69, 9.17) is 10.5 Å². The van der Waals surface area contributed by atoms with E-state index < -0.39 is 0 Å². The molecule has 2 rings (SSSR count). The van der Waals surface area contributed by atoms with Crippen LogP contribution in [0.2, 0.25) is 0 Å². The van der Waals surface area contributed by atoms with Crippen molar-refractivity contribution >= 4 is 24.2 Å². The zero-order valence-corrected chi connectivity index (χ0v) is 13.2. The van der Waals surface area contributed by atoms with Gasteiger partial charge in [-0.1, -0.05) is 18.2 Å². The molecule has 0 saturated heterocycles. The molecule has 4 N–H and O–H groups in total. The van der Waals surface area contributed by atoms with Gasteiger partial charge in [-0.05, 0) is 24.8 Å². The molecule has 1 aromatic carbocycles. The maximum absolute atomic E-state index is 11.6. The molecule has 0 heterocycles. The van der Waals surface area contributed by atoms with E-state index in [1.165, 1.54) is 12.8 Å². The molecular formula is C15H22ClN3O3. The first-order valence-corrected chi connectivity index (χ1v) is 7.13. The van der Waals surface area contributed by atoms with Gasteiger partial charge in [-0.25, -0.2) is 0 Å². The van der Waals surface area contributed by atoms with E-state index >= 15 is 0 Å². The summed E-state index contributed by atoms with van der Waals surface area (Å²) in [4.78, 5) is 22.6. The van der Waals surface area contributed by atoms with Crippen molar-refractivity contribution < 1.29 is 14.3 Å². The van der Waals surface area contributed by atoms with Gasteiger partial charge in [-0.2, -0.15) is 0 Å². The van der Waals surface area contributed by atoms with Crippen molar-refractivity contribution in [2.45, 2.75) is 19.4 Å². The molecule has 0 unspecified atom stereocenters. The second-order valence-electron chi connectivity index (χ2n) is 5.12. The fraction of sp³-hybridized carbons (Fsp3) is 0.467. The molecule has 0 spiro atoms. The van der Waals surface area contributed by atoms with Crippen molar-refractivity contribution in [1.82, 2.24) is 10.6 Å². The number of nitrogens with one attached hydrogen (secondary N) is 2. The zero-order valence-electron chi connectivity index (χ0n) is 12.3. The number of para-hydroxylation sites is 1. The summed E-state index contributed by atoms with van der Waals surface area (Å²) < 4.78 is 5.77. The van der Waals surface area contributed by atoms with Gasteiger partial charge in [0.05, 0.1) is 19.7 Å². The van der Waals surface area contributed by atoms with Crippen LogP contribution in [0.5, 0.6) is 5.75 Å². The SMILES string of the molecule is Cl.NCC(=O)NCC(=O)NCc1ccccc1OCC1CC1. The highest BCUT2D eigenvalue weighted by Gasteiger charge is 2.22. The number of carbonyl (C=O) groups excluding carboxylic acids is 2. The highest BCUT2D eigenvalue weighted by molar-refractivity contribution is 5.85. The topological polar surface area (TPSA) is 93.5 Å². The Morgan fingerprint density at radius 1 is 1.18 bits per heavy atom. The Bertz CT molecular complexity index is 507. The fourth-order valence-electron chi connectivity index (χ4n) is 1.79. The Balaban J connectivity index is 0.00000242. The van der Waals surface area contributed by atoms with Crippen molar-refractivity contribution in [2.24, 2.45) is 11.7 Å². The number of rotatable bonds is 8. The molecule has 1 aliphatic carbocycles. The van der Waals surface area contributed by atoms with Gasteiger partial charge in [0.15, 0.2) is 0 Å². The van der Waals surface area contributed by atoms with E-state index in [0.29, 0.717) is 12.5 Å². The third-order valence-corrected chi connectivity index (χ3v) is 3.25. The minimum atomic E-state index is -0.349. The van der Waals surface area contributed by atoms with Crippen LogP contribution in [0.1, 0.15) is 18.4 Å². The molecule has 0 atom stereocenters. The number of nitrogens with two attached hydrogens (primary N) is 1. The number of ether oxygens (including phenoxy) is 1. The lowest BCUT2D eigenvalue weighted by atomic mass is 10.2. The molecule has 1 aliphatic rings. The fourth-order valence-corrected chi connectivity index (χ4v) is 1.79. The van der Waals surface area contributed by atoms with Crippen LogP contribution in [0, 0.1) is 5.92 Å². The molecule has 0 aromatic heterocycles. The van der Waals surface area contributed by atoms with E-state index in [1.54, 1.807) is 0 Å². The van der Waals surface area contributed by atoms with Crippen molar-refractivity contribution in [3.05, 3.63) is 29.8 Å². The first kappa shape index (κ1) is 18.3. The van der Waals surface area contributed by atoms with Gasteiger partial charge in [0.25, 0.3) is 0 Å². The maximum Gasteiger partial charge on any atom is 0.239 e. The van der Waals surface area contributed by atoms with E-state index in [0.717, 1.165) is 17.9 Å². The van der Waals surface area contributed by atoms with Crippen molar-refractivity contribution in [3.63, 3.8) is 0 Å². The summed E-state index contributed by atoms with van der Waals surface area (Å²) in [6.45, 7) is 0.919. The van der Waals surface area contributed by atoms with Crippen LogP contribution >= 0.6 is 12.4 Å². The summed E-state index contributed by atoms with van der Waals surface area (Å²) in [5.41, 5.74) is 6.07. The molecule has 1 fully saturated rings. The Kier molecular flexibility index (Phi) is 7.70. The molecule has 6 nitrogen and oxygen atoms in total. The molecule has 1 saturated carbocycles. The molecule has 0 bridgehead atoms. The minimum Gasteiger partial charge on any atom is -0.493 e. The van der Waals surface area contributed by atoms with Crippen LogP contribution in [0.3, 0.4) is 0 Å². The first-order valence-electron chi connectivity index (χ1n) is 7.13. The summed E-state index contributed by atoms with van der Waals surface area (Å²) in [5, 5.41) is 5.17. The number of hydrogen-bond donors (Lipinski definition) is 3. The summed E-state index contributed by atoms with van der Waals surface area (Å²) in [6, 6.07) is 7.64. The van der Waals surface area contributed by atoms with Crippen LogP contribution in [0.25, 0.3) is 0 Å². The molecule has 0 aliphatic heterocycles. The first-order chi connectivity index (χ1) is 10.2.